The van der Waals surface area contributed by atoms with Crippen LogP contribution >= 0.6 is 0 Å². The normalized spacial score (nSPS) is 20.7. The van der Waals surface area contributed by atoms with E-state index < -0.39 is 5.97 Å². The van der Waals surface area contributed by atoms with Gasteiger partial charge in [0, 0.05) is 32.7 Å². The third-order valence-electron chi connectivity index (χ3n) is 3.42. The van der Waals surface area contributed by atoms with E-state index in [-0.39, 0.29) is 12.5 Å². The van der Waals surface area contributed by atoms with Gasteiger partial charge in [0.15, 0.2) is 0 Å². The molecular formula is C12H21N3O3. The molecule has 1 amide bonds. The molecule has 1 saturated carbocycles. The molecule has 6 heteroatoms. The first-order valence-electron chi connectivity index (χ1n) is 6.58. The topological polar surface area (TPSA) is 72.9 Å². The summed E-state index contributed by atoms with van der Waals surface area (Å²) in [7, 11) is 0. The fourth-order valence-corrected chi connectivity index (χ4v) is 2.19. The van der Waals surface area contributed by atoms with Gasteiger partial charge in [-0.2, -0.15) is 0 Å². The lowest BCUT2D eigenvalue weighted by atomic mass is 10.3. The quantitative estimate of drug-likeness (QED) is 0.651. The highest BCUT2D eigenvalue weighted by Gasteiger charge is 2.28. The van der Waals surface area contributed by atoms with Crippen LogP contribution in [0.2, 0.25) is 0 Å². The van der Waals surface area contributed by atoms with Crippen LogP contribution in [-0.2, 0) is 9.59 Å². The third kappa shape index (κ3) is 4.27. The molecule has 18 heavy (non-hydrogen) atoms. The van der Waals surface area contributed by atoms with Gasteiger partial charge >= 0.3 is 5.97 Å². The number of carbonyl (C=O) groups is 2. The Morgan fingerprint density at radius 1 is 1.28 bits per heavy atom. The van der Waals surface area contributed by atoms with Crippen molar-refractivity contribution in [2.75, 3.05) is 45.8 Å². The second-order valence-electron chi connectivity index (χ2n) is 5.14. The molecular weight excluding hydrogens is 234 g/mol. The lowest BCUT2D eigenvalue weighted by Crippen LogP contribution is -2.49. The molecule has 0 spiro atoms. The summed E-state index contributed by atoms with van der Waals surface area (Å²) in [5.74, 6) is -0.452. The lowest BCUT2D eigenvalue weighted by Gasteiger charge is -2.29. The van der Waals surface area contributed by atoms with E-state index in [4.69, 9.17) is 5.11 Å². The van der Waals surface area contributed by atoms with E-state index in [2.05, 4.69) is 10.2 Å². The molecule has 2 rings (SSSR count). The molecule has 2 fully saturated rings. The van der Waals surface area contributed by atoms with Crippen molar-refractivity contribution >= 4 is 11.9 Å². The number of carboxylic acids is 1. The molecule has 2 N–H and O–H groups in total. The summed E-state index contributed by atoms with van der Waals surface area (Å²) in [4.78, 5) is 26.5. The highest BCUT2D eigenvalue weighted by atomic mass is 16.4. The Balaban J connectivity index is 1.82. The fraction of sp³-hybridized carbons (Fsp3) is 0.833. The van der Waals surface area contributed by atoms with Crippen molar-refractivity contribution in [3.63, 3.8) is 0 Å². The minimum atomic E-state index is -0.927. The zero-order valence-electron chi connectivity index (χ0n) is 10.6. The molecule has 0 unspecified atom stereocenters. The number of carbonyl (C=O) groups excluding carboxylic acids is 1. The van der Waals surface area contributed by atoms with E-state index in [1.54, 1.807) is 0 Å². The van der Waals surface area contributed by atoms with Crippen LogP contribution in [0.1, 0.15) is 12.8 Å². The molecule has 0 aromatic heterocycles. The number of aliphatic carboxylic acids is 1. The number of hydrogen-bond donors (Lipinski definition) is 2. The number of rotatable bonds is 6. The average Bonchev–Trinajstić information content (AvgIpc) is 3.13. The minimum Gasteiger partial charge on any atom is -0.480 e. The molecule has 0 aromatic rings. The Hall–Kier alpha value is -1.14. The number of nitrogens with zero attached hydrogens (tertiary/aromatic N) is 2. The maximum absolute atomic E-state index is 12.1. The maximum atomic E-state index is 12.1. The van der Waals surface area contributed by atoms with Gasteiger partial charge in [-0.15, -0.1) is 0 Å². The van der Waals surface area contributed by atoms with Crippen LogP contribution < -0.4 is 5.32 Å². The second kappa shape index (κ2) is 6.15. The molecule has 0 aromatic carbocycles. The standard InChI is InChI=1S/C12H21N3O3/c16-11(8-14-5-3-13-4-6-14)15(9-12(17)18)7-10-1-2-10/h10,13H,1-9H2,(H,17,18). The number of hydrogen-bond acceptors (Lipinski definition) is 4. The van der Waals surface area contributed by atoms with E-state index >= 15 is 0 Å². The summed E-state index contributed by atoms with van der Waals surface area (Å²) >= 11 is 0. The average molecular weight is 255 g/mol. The molecule has 2 aliphatic rings. The smallest absolute Gasteiger partial charge is 0.323 e. The Morgan fingerprint density at radius 2 is 1.94 bits per heavy atom. The van der Waals surface area contributed by atoms with Crippen molar-refractivity contribution < 1.29 is 14.7 Å². The largest absolute Gasteiger partial charge is 0.480 e. The van der Waals surface area contributed by atoms with Crippen LogP contribution in [0.3, 0.4) is 0 Å². The molecule has 0 radical (unpaired) electrons. The molecule has 102 valence electrons. The van der Waals surface area contributed by atoms with Crippen LogP contribution in [0, 0.1) is 5.92 Å². The van der Waals surface area contributed by atoms with Crippen LogP contribution in [-0.4, -0.2) is 72.6 Å². The number of piperazine rings is 1. The van der Waals surface area contributed by atoms with Crippen LogP contribution in [0.5, 0.6) is 0 Å². The van der Waals surface area contributed by atoms with Gasteiger partial charge in [-0.25, -0.2) is 0 Å². The van der Waals surface area contributed by atoms with Gasteiger partial charge in [-0.05, 0) is 18.8 Å². The van der Waals surface area contributed by atoms with Crippen molar-refractivity contribution in [3.05, 3.63) is 0 Å². The molecule has 0 atom stereocenters. The van der Waals surface area contributed by atoms with Gasteiger partial charge in [0.1, 0.15) is 6.54 Å². The second-order valence-corrected chi connectivity index (χ2v) is 5.14. The summed E-state index contributed by atoms with van der Waals surface area (Å²) in [6.07, 6.45) is 2.24. The predicted molar refractivity (Wildman–Crippen MR) is 66.2 cm³/mol. The highest BCUT2D eigenvalue weighted by molar-refractivity contribution is 5.82. The zero-order chi connectivity index (χ0) is 13.0. The number of carboxylic acid groups (broad SMARTS) is 1. The molecule has 1 heterocycles. The molecule has 1 aliphatic carbocycles. The van der Waals surface area contributed by atoms with E-state index in [1.807, 2.05) is 0 Å². The number of amides is 1. The summed E-state index contributed by atoms with van der Waals surface area (Å²) < 4.78 is 0. The fourth-order valence-electron chi connectivity index (χ4n) is 2.19. The minimum absolute atomic E-state index is 0.0498. The Morgan fingerprint density at radius 3 is 2.50 bits per heavy atom. The molecule has 1 saturated heterocycles. The first-order valence-corrected chi connectivity index (χ1v) is 6.58. The number of nitrogens with one attached hydrogen (secondary N) is 1. The van der Waals surface area contributed by atoms with Crippen molar-refractivity contribution in [2.24, 2.45) is 5.92 Å². The maximum Gasteiger partial charge on any atom is 0.323 e. The van der Waals surface area contributed by atoms with Crippen molar-refractivity contribution in [2.45, 2.75) is 12.8 Å². The van der Waals surface area contributed by atoms with Crippen molar-refractivity contribution in [1.82, 2.24) is 15.1 Å². The monoisotopic (exact) mass is 255 g/mol. The molecule has 6 nitrogen and oxygen atoms in total. The third-order valence-corrected chi connectivity index (χ3v) is 3.42. The first kappa shape index (κ1) is 13.3. The van der Waals surface area contributed by atoms with E-state index in [0.717, 1.165) is 39.0 Å². The van der Waals surface area contributed by atoms with Crippen molar-refractivity contribution in [3.8, 4) is 0 Å². The van der Waals surface area contributed by atoms with Gasteiger partial charge in [0.2, 0.25) is 5.91 Å². The van der Waals surface area contributed by atoms with Crippen molar-refractivity contribution in [1.29, 1.82) is 0 Å². The molecule has 0 bridgehead atoms. The first-order chi connectivity index (χ1) is 8.65. The van der Waals surface area contributed by atoms with Crippen LogP contribution in [0.25, 0.3) is 0 Å². The highest BCUT2D eigenvalue weighted by Crippen LogP contribution is 2.29. The Bertz CT molecular complexity index is 312. The predicted octanol–water partition coefficient (Wildman–Crippen LogP) is -0.785. The van der Waals surface area contributed by atoms with Gasteiger partial charge in [-0.3, -0.25) is 14.5 Å². The van der Waals surface area contributed by atoms with Gasteiger partial charge in [-0.1, -0.05) is 0 Å². The summed E-state index contributed by atoms with van der Waals surface area (Å²) in [5.41, 5.74) is 0. The van der Waals surface area contributed by atoms with Gasteiger partial charge in [0.05, 0.1) is 6.54 Å². The Kier molecular flexibility index (Phi) is 4.54. The summed E-state index contributed by atoms with van der Waals surface area (Å²) in [6, 6.07) is 0. The van der Waals surface area contributed by atoms with E-state index in [0.29, 0.717) is 19.0 Å². The van der Waals surface area contributed by atoms with E-state index in [1.165, 1.54) is 4.90 Å². The molecule has 1 aliphatic heterocycles. The van der Waals surface area contributed by atoms with E-state index in [9.17, 15) is 9.59 Å². The van der Waals surface area contributed by atoms with Gasteiger partial charge < -0.3 is 15.3 Å². The van der Waals surface area contributed by atoms with Crippen LogP contribution in [0.15, 0.2) is 0 Å². The van der Waals surface area contributed by atoms with Crippen LogP contribution in [0.4, 0.5) is 0 Å². The zero-order valence-corrected chi connectivity index (χ0v) is 10.6. The SMILES string of the molecule is O=C(O)CN(CC1CC1)C(=O)CN1CCNCC1. The summed E-state index contributed by atoms with van der Waals surface area (Å²) in [6.45, 7) is 4.30. The van der Waals surface area contributed by atoms with Gasteiger partial charge in [0.25, 0.3) is 0 Å². The lowest BCUT2D eigenvalue weighted by molar-refractivity contribution is -0.145. The Labute approximate surface area is 107 Å². The summed E-state index contributed by atoms with van der Waals surface area (Å²) in [5, 5.41) is 12.1.